The predicted molar refractivity (Wildman–Crippen MR) is 208 cm³/mol. The summed E-state index contributed by atoms with van der Waals surface area (Å²) < 4.78 is 31.2. The number of benzene rings is 1. The van der Waals surface area contributed by atoms with Gasteiger partial charge in [0.2, 0.25) is 0 Å². The molecule has 7 nitrogen and oxygen atoms in total. The van der Waals surface area contributed by atoms with E-state index in [1.165, 1.54) is 23.3 Å². The van der Waals surface area contributed by atoms with Crippen LogP contribution in [0, 0.1) is 28.6 Å². The van der Waals surface area contributed by atoms with Crippen molar-refractivity contribution in [2.24, 2.45) is 21.7 Å². The van der Waals surface area contributed by atoms with Gasteiger partial charge in [0.1, 0.15) is 10.1 Å². The first kappa shape index (κ1) is 45.2. The molecule has 1 fully saturated rings. The summed E-state index contributed by atoms with van der Waals surface area (Å²) in [6.07, 6.45) is 16.5. The number of aryl methyl sites for hydroxylation is 1. The quantitative estimate of drug-likeness (QED) is 0.226. The zero-order valence-electron chi connectivity index (χ0n) is 33.5. The Morgan fingerprint density at radius 1 is 0.615 bits per heavy atom. The van der Waals surface area contributed by atoms with Crippen molar-refractivity contribution < 1.29 is 39.3 Å². The molecule has 0 saturated heterocycles. The van der Waals surface area contributed by atoms with E-state index < -0.39 is 10.1 Å². The summed E-state index contributed by atoms with van der Waals surface area (Å²) in [4.78, 5) is 26.8. The summed E-state index contributed by atoms with van der Waals surface area (Å²) in [7, 11) is -4.27. The fraction of sp³-hybridized carbons (Fsp3) is 0.535. The molecular formula is C43H61CoN2O5S-. The van der Waals surface area contributed by atoms with Crippen molar-refractivity contribution >= 4 is 21.7 Å². The molecule has 9 heteroatoms. The van der Waals surface area contributed by atoms with E-state index in [9.17, 15) is 22.6 Å². The first-order valence-electron chi connectivity index (χ1n) is 18.1. The Labute approximate surface area is 324 Å². The largest absolute Gasteiger partial charge is 0.744 e. The zero-order chi connectivity index (χ0) is 38.7. The molecule has 0 bridgehead atoms. The minimum atomic E-state index is -4.27. The Hall–Kier alpha value is -2.98. The summed E-state index contributed by atoms with van der Waals surface area (Å²) in [5, 5.41) is 7.25. The van der Waals surface area contributed by atoms with Crippen LogP contribution >= 0.6 is 0 Å². The summed E-state index contributed by atoms with van der Waals surface area (Å²) in [5.41, 5.74) is 5.88. The molecule has 2 N–H and O–H groups in total. The van der Waals surface area contributed by atoms with Crippen LogP contribution in [0.15, 0.2) is 99.3 Å². The monoisotopic (exact) mass is 776 g/mol. The molecule has 0 spiro atoms. The maximum atomic E-state index is 13.5. The van der Waals surface area contributed by atoms with Crippen LogP contribution in [-0.4, -0.2) is 36.6 Å². The summed E-state index contributed by atoms with van der Waals surface area (Å²) in [6, 6.07) is 6.12. The van der Waals surface area contributed by atoms with Crippen molar-refractivity contribution in [1.82, 2.24) is 10.6 Å². The van der Waals surface area contributed by atoms with Crippen LogP contribution in [-0.2, 0) is 36.5 Å². The number of nitrogens with one attached hydrogen (secondary N) is 2. The van der Waals surface area contributed by atoms with Gasteiger partial charge in [0.25, 0.3) is 0 Å². The van der Waals surface area contributed by atoms with Gasteiger partial charge in [-0.05, 0) is 76.9 Å². The van der Waals surface area contributed by atoms with E-state index >= 15 is 0 Å². The Balaban J connectivity index is 0.000000666. The van der Waals surface area contributed by atoms with Crippen LogP contribution in [0.4, 0.5) is 0 Å². The average molecular weight is 777 g/mol. The van der Waals surface area contributed by atoms with Crippen LogP contribution in [0.5, 0.6) is 0 Å². The standard InChI is InChI=1S/C36H54N2O2.C7H8O3S.Co/c1-33(2,3)25-17-23(31(39)27(19-25)35(7,8)9)21-37-29-15-13-14-16-30(29)38-22-24-18-26(34(4,5)6)20-28(32(24)40)36(10,11)12;1-6-2-4-7(5-3-6)11(8,9)10;/h17-22,29-30,37-38H,13-16H2,1-12H3;2-5H,1H3,(H,8,9,10);/p-1/b23-21-,24-22-;;/t29-,30-;;/m0../s1. The molecule has 1 saturated carbocycles. The van der Waals surface area contributed by atoms with Crippen LogP contribution in [0.2, 0.25) is 0 Å². The molecule has 289 valence electrons. The van der Waals surface area contributed by atoms with Crippen molar-refractivity contribution in [3.8, 4) is 0 Å². The normalized spacial score (nSPS) is 22.0. The van der Waals surface area contributed by atoms with Gasteiger partial charge < -0.3 is 15.2 Å². The van der Waals surface area contributed by atoms with Gasteiger partial charge in [0.15, 0.2) is 11.6 Å². The van der Waals surface area contributed by atoms with E-state index in [4.69, 9.17) is 0 Å². The molecule has 0 aromatic heterocycles. The van der Waals surface area contributed by atoms with Gasteiger partial charge in [0, 0.05) is 63.6 Å². The number of rotatable bonds is 5. The van der Waals surface area contributed by atoms with Gasteiger partial charge in [-0.25, -0.2) is 8.42 Å². The summed E-state index contributed by atoms with van der Waals surface area (Å²) in [6.45, 7) is 27.6. The number of carbonyl (C=O) groups excluding carboxylic acids is 2. The minimum Gasteiger partial charge on any atom is -0.744 e. The third kappa shape index (κ3) is 12.3. The fourth-order valence-electron chi connectivity index (χ4n) is 6.13. The Bertz CT molecular complexity index is 1680. The Morgan fingerprint density at radius 3 is 1.25 bits per heavy atom. The molecule has 1 aromatic rings. The first-order chi connectivity index (χ1) is 23.2. The Kier molecular flexibility index (Phi) is 14.8. The fourth-order valence-corrected chi connectivity index (χ4v) is 6.60. The molecular weight excluding hydrogens is 715 g/mol. The van der Waals surface area contributed by atoms with E-state index in [1.54, 1.807) is 12.1 Å². The van der Waals surface area contributed by atoms with Crippen LogP contribution in [0.1, 0.15) is 114 Å². The van der Waals surface area contributed by atoms with E-state index in [-0.39, 0.29) is 67.0 Å². The van der Waals surface area contributed by atoms with Gasteiger partial charge in [-0.15, -0.1) is 0 Å². The molecule has 3 aliphatic rings. The van der Waals surface area contributed by atoms with Crippen molar-refractivity contribution in [2.75, 3.05) is 0 Å². The van der Waals surface area contributed by atoms with Gasteiger partial charge in [-0.1, -0.05) is 126 Å². The molecule has 4 rings (SSSR count). The molecule has 2 atom stereocenters. The molecule has 0 heterocycles. The second-order valence-corrected chi connectivity index (χ2v) is 19.7. The number of Topliss-reactive ketones (excluding diaryl/α,β-unsaturated/α-hetero) is 2. The topological polar surface area (TPSA) is 115 Å². The van der Waals surface area contributed by atoms with E-state index in [0.29, 0.717) is 0 Å². The SMILES string of the molecule is CC(C)(C)C1=C/C(=C/N[C@H]2CCCC[C@@H]2N/C=C2/C=C(C(C)(C)C)C=C(C(C)(C)C)C2=O)C(=O)C(C(C)(C)C)=C1.Cc1ccc(S(=O)(=O)[O-])cc1.[Co]. The zero-order valence-corrected chi connectivity index (χ0v) is 35.4. The van der Waals surface area contributed by atoms with Crippen LogP contribution < -0.4 is 10.6 Å². The number of ketones is 2. The molecule has 0 unspecified atom stereocenters. The molecule has 52 heavy (non-hydrogen) atoms. The number of hydrogen-bond donors (Lipinski definition) is 2. The van der Waals surface area contributed by atoms with Crippen molar-refractivity contribution in [2.45, 2.75) is 133 Å². The van der Waals surface area contributed by atoms with E-state index in [0.717, 1.165) is 53.5 Å². The molecule has 0 amide bonds. The van der Waals surface area contributed by atoms with Gasteiger partial charge in [-0.3, -0.25) is 9.59 Å². The Morgan fingerprint density at radius 2 is 0.962 bits per heavy atom. The molecule has 1 aromatic carbocycles. The predicted octanol–water partition coefficient (Wildman–Crippen LogP) is 9.20. The molecule has 3 aliphatic carbocycles. The first-order valence-corrected chi connectivity index (χ1v) is 19.5. The molecule has 0 aliphatic heterocycles. The van der Waals surface area contributed by atoms with Gasteiger partial charge >= 0.3 is 0 Å². The minimum absolute atomic E-state index is 0. The number of carbonyl (C=O) groups is 2. The summed E-state index contributed by atoms with van der Waals surface area (Å²) in [5.74, 6) is 0.203. The maximum Gasteiger partial charge on any atom is 0.191 e. The van der Waals surface area contributed by atoms with Gasteiger partial charge in [-0.2, -0.15) is 0 Å². The van der Waals surface area contributed by atoms with E-state index in [1.807, 2.05) is 19.3 Å². The van der Waals surface area contributed by atoms with Crippen molar-refractivity contribution in [3.05, 3.63) is 100.0 Å². The third-order valence-electron chi connectivity index (χ3n) is 9.56. The smallest absolute Gasteiger partial charge is 0.191 e. The van der Waals surface area contributed by atoms with Crippen molar-refractivity contribution in [3.63, 3.8) is 0 Å². The van der Waals surface area contributed by atoms with Gasteiger partial charge in [0.05, 0.1) is 4.90 Å². The molecule has 1 radical (unpaired) electrons. The second kappa shape index (κ2) is 17.0. The number of hydrogen-bond acceptors (Lipinski definition) is 7. The van der Waals surface area contributed by atoms with E-state index in [2.05, 4.69) is 118 Å². The third-order valence-corrected chi connectivity index (χ3v) is 10.4. The summed E-state index contributed by atoms with van der Waals surface area (Å²) >= 11 is 0. The van der Waals surface area contributed by atoms with Crippen LogP contribution in [0.3, 0.4) is 0 Å². The maximum absolute atomic E-state index is 13.5. The number of allylic oxidation sites excluding steroid dienone is 10. The average Bonchev–Trinajstić information content (AvgIpc) is 2.98. The second-order valence-electron chi connectivity index (χ2n) is 18.3. The van der Waals surface area contributed by atoms with Crippen LogP contribution in [0.25, 0.3) is 0 Å². The van der Waals surface area contributed by atoms with Crippen molar-refractivity contribution in [1.29, 1.82) is 0 Å².